The van der Waals surface area contributed by atoms with Crippen molar-refractivity contribution in [3.63, 3.8) is 0 Å². The summed E-state index contributed by atoms with van der Waals surface area (Å²) in [4.78, 5) is 23.3. The number of ether oxygens (including phenoxy) is 2. The number of nitrogen functional groups attached to an aromatic ring is 1. The van der Waals surface area contributed by atoms with Gasteiger partial charge in [0.05, 0.1) is 18.1 Å². The van der Waals surface area contributed by atoms with Crippen LogP contribution in [0.2, 0.25) is 0 Å². The molecule has 0 aromatic heterocycles. The number of benzene rings is 1. The van der Waals surface area contributed by atoms with Gasteiger partial charge in [0, 0.05) is 5.69 Å². The molecule has 0 fully saturated rings. The zero-order chi connectivity index (χ0) is 14.6. The van der Waals surface area contributed by atoms with E-state index in [2.05, 4.69) is 4.74 Å². The molecule has 0 aliphatic carbocycles. The Morgan fingerprint density at radius 3 is 2.47 bits per heavy atom. The molecular weight excluding hydrogens is 246 g/mol. The third kappa shape index (κ3) is 3.71. The lowest BCUT2D eigenvalue weighted by atomic mass is 9.95. The molecule has 19 heavy (non-hydrogen) atoms. The molecule has 0 heterocycles. The van der Waals surface area contributed by atoms with Crippen molar-refractivity contribution in [2.24, 2.45) is 5.41 Å². The summed E-state index contributed by atoms with van der Waals surface area (Å²) in [5, 5.41) is 0. The van der Waals surface area contributed by atoms with E-state index in [1.165, 1.54) is 7.11 Å². The number of aryl methyl sites for hydroxylation is 1. The molecule has 0 aliphatic rings. The monoisotopic (exact) mass is 265 g/mol. The van der Waals surface area contributed by atoms with E-state index in [0.717, 1.165) is 5.56 Å². The Kier molecular flexibility index (Phi) is 4.53. The zero-order valence-electron chi connectivity index (χ0n) is 11.6. The van der Waals surface area contributed by atoms with Gasteiger partial charge in [-0.1, -0.05) is 6.07 Å². The van der Waals surface area contributed by atoms with Crippen LogP contribution in [0.15, 0.2) is 18.2 Å². The van der Waals surface area contributed by atoms with Crippen LogP contribution in [0.25, 0.3) is 0 Å². The van der Waals surface area contributed by atoms with E-state index in [9.17, 15) is 9.59 Å². The van der Waals surface area contributed by atoms with Crippen LogP contribution in [0.5, 0.6) is 0 Å². The maximum absolute atomic E-state index is 11.8. The van der Waals surface area contributed by atoms with Crippen LogP contribution in [-0.4, -0.2) is 25.7 Å². The van der Waals surface area contributed by atoms with E-state index >= 15 is 0 Å². The summed E-state index contributed by atoms with van der Waals surface area (Å²) in [5.74, 6) is -0.938. The van der Waals surface area contributed by atoms with Gasteiger partial charge in [0.15, 0.2) is 0 Å². The van der Waals surface area contributed by atoms with Gasteiger partial charge in [-0.15, -0.1) is 0 Å². The first-order valence-electron chi connectivity index (χ1n) is 5.89. The van der Waals surface area contributed by atoms with Gasteiger partial charge in [-0.2, -0.15) is 0 Å². The van der Waals surface area contributed by atoms with Gasteiger partial charge in [0.1, 0.15) is 6.61 Å². The smallest absolute Gasteiger partial charge is 0.338 e. The van der Waals surface area contributed by atoms with Crippen molar-refractivity contribution < 1.29 is 19.1 Å². The second kappa shape index (κ2) is 5.73. The summed E-state index contributed by atoms with van der Waals surface area (Å²) in [6.45, 7) is 5.10. The first-order chi connectivity index (χ1) is 8.77. The van der Waals surface area contributed by atoms with E-state index in [0.29, 0.717) is 11.3 Å². The Morgan fingerprint density at radius 1 is 1.32 bits per heavy atom. The van der Waals surface area contributed by atoms with Gasteiger partial charge in [-0.05, 0) is 38.5 Å². The van der Waals surface area contributed by atoms with Crippen molar-refractivity contribution >= 4 is 17.6 Å². The fourth-order valence-electron chi connectivity index (χ4n) is 1.43. The molecule has 0 atom stereocenters. The third-order valence-corrected chi connectivity index (χ3v) is 2.82. The predicted octanol–water partition coefficient (Wildman–Crippen LogP) is 1.93. The number of carbonyl (C=O) groups is 2. The maximum atomic E-state index is 11.8. The van der Waals surface area contributed by atoms with Gasteiger partial charge in [-0.3, -0.25) is 4.79 Å². The van der Waals surface area contributed by atoms with E-state index in [1.54, 1.807) is 32.0 Å². The van der Waals surface area contributed by atoms with Crippen molar-refractivity contribution in [1.82, 2.24) is 0 Å². The molecule has 0 saturated heterocycles. The lowest BCUT2D eigenvalue weighted by molar-refractivity contribution is -0.152. The Bertz CT molecular complexity index is 494. The van der Waals surface area contributed by atoms with Crippen molar-refractivity contribution in [3.05, 3.63) is 29.3 Å². The molecule has 0 radical (unpaired) electrons. The highest BCUT2D eigenvalue weighted by molar-refractivity contribution is 5.91. The number of rotatable bonds is 4. The van der Waals surface area contributed by atoms with Crippen LogP contribution in [0.3, 0.4) is 0 Å². The molecular formula is C14H19NO4. The van der Waals surface area contributed by atoms with Crippen LogP contribution in [0.1, 0.15) is 29.8 Å². The van der Waals surface area contributed by atoms with E-state index < -0.39 is 17.4 Å². The van der Waals surface area contributed by atoms with Crippen molar-refractivity contribution in [2.75, 3.05) is 19.5 Å². The predicted molar refractivity (Wildman–Crippen MR) is 71.7 cm³/mol. The number of hydrogen-bond donors (Lipinski definition) is 1. The topological polar surface area (TPSA) is 78.6 Å². The molecule has 0 saturated carbocycles. The third-order valence-electron chi connectivity index (χ3n) is 2.82. The zero-order valence-corrected chi connectivity index (χ0v) is 11.6. The second-order valence-corrected chi connectivity index (χ2v) is 5.02. The van der Waals surface area contributed by atoms with Gasteiger partial charge >= 0.3 is 11.9 Å². The number of anilines is 1. The van der Waals surface area contributed by atoms with Crippen molar-refractivity contribution in [2.45, 2.75) is 20.8 Å². The standard InChI is InChI=1S/C14H19NO4/c1-9-5-6-10(7-11(9)15)12(16)19-8-14(2,3)13(17)18-4/h5-7H,8,15H2,1-4H3. The molecule has 2 N–H and O–H groups in total. The molecule has 0 amide bonds. The SMILES string of the molecule is COC(=O)C(C)(C)COC(=O)c1ccc(C)c(N)c1. The number of methoxy groups -OCH3 is 1. The van der Waals surface area contributed by atoms with E-state index in [1.807, 2.05) is 6.92 Å². The summed E-state index contributed by atoms with van der Waals surface area (Å²) < 4.78 is 9.75. The minimum Gasteiger partial charge on any atom is -0.469 e. The molecule has 5 heteroatoms. The fraction of sp³-hybridized carbons (Fsp3) is 0.429. The largest absolute Gasteiger partial charge is 0.469 e. The molecule has 104 valence electrons. The summed E-state index contributed by atoms with van der Waals surface area (Å²) in [6.07, 6.45) is 0. The minimum absolute atomic E-state index is 0.0493. The summed E-state index contributed by atoms with van der Waals surface area (Å²) in [7, 11) is 1.30. The van der Waals surface area contributed by atoms with Gasteiger partial charge in [0.25, 0.3) is 0 Å². The van der Waals surface area contributed by atoms with Gasteiger partial charge < -0.3 is 15.2 Å². The van der Waals surface area contributed by atoms with E-state index in [4.69, 9.17) is 10.5 Å². The normalized spacial score (nSPS) is 10.9. The van der Waals surface area contributed by atoms with Gasteiger partial charge in [0.2, 0.25) is 0 Å². The molecule has 5 nitrogen and oxygen atoms in total. The highest BCUT2D eigenvalue weighted by Crippen LogP contribution is 2.19. The number of hydrogen-bond acceptors (Lipinski definition) is 5. The lowest BCUT2D eigenvalue weighted by Gasteiger charge is -2.20. The molecule has 1 rings (SSSR count). The Morgan fingerprint density at radius 2 is 1.95 bits per heavy atom. The van der Waals surface area contributed by atoms with E-state index in [-0.39, 0.29) is 6.61 Å². The quantitative estimate of drug-likeness (QED) is 0.664. The van der Waals surface area contributed by atoms with Gasteiger partial charge in [-0.25, -0.2) is 4.79 Å². The molecule has 0 spiro atoms. The molecule has 0 bridgehead atoms. The minimum atomic E-state index is -0.874. The highest BCUT2D eigenvalue weighted by Gasteiger charge is 2.30. The van der Waals surface area contributed by atoms with Crippen LogP contribution < -0.4 is 5.73 Å². The molecule has 0 unspecified atom stereocenters. The molecule has 1 aromatic carbocycles. The Hall–Kier alpha value is -2.04. The number of nitrogens with two attached hydrogens (primary N) is 1. The van der Waals surface area contributed by atoms with Crippen molar-refractivity contribution in [1.29, 1.82) is 0 Å². The second-order valence-electron chi connectivity index (χ2n) is 5.02. The highest BCUT2D eigenvalue weighted by atomic mass is 16.5. The number of esters is 2. The summed E-state index contributed by atoms with van der Waals surface area (Å²) in [6, 6.07) is 4.94. The van der Waals surface area contributed by atoms with Crippen LogP contribution in [0.4, 0.5) is 5.69 Å². The number of carbonyl (C=O) groups excluding carboxylic acids is 2. The first kappa shape index (κ1) is 15.0. The first-order valence-corrected chi connectivity index (χ1v) is 5.89. The average Bonchev–Trinajstić information content (AvgIpc) is 2.38. The molecule has 1 aromatic rings. The summed E-state index contributed by atoms with van der Waals surface area (Å²) in [5.41, 5.74) is 6.64. The maximum Gasteiger partial charge on any atom is 0.338 e. The summed E-state index contributed by atoms with van der Waals surface area (Å²) >= 11 is 0. The Balaban J connectivity index is 2.70. The average molecular weight is 265 g/mol. The molecule has 0 aliphatic heterocycles. The van der Waals surface area contributed by atoms with Crippen LogP contribution >= 0.6 is 0 Å². The fourth-order valence-corrected chi connectivity index (χ4v) is 1.43. The van der Waals surface area contributed by atoms with Crippen LogP contribution in [-0.2, 0) is 14.3 Å². The van der Waals surface area contributed by atoms with Crippen LogP contribution in [0, 0.1) is 12.3 Å². The Labute approximate surface area is 112 Å². The van der Waals surface area contributed by atoms with Crippen molar-refractivity contribution in [3.8, 4) is 0 Å². The lowest BCUT2D eigenvalue weighted by Crippen LogP contribution is -2.31.